The van der Waals surface area contributed by atoms with Gasteiger partial charge in [-0.25, -0.2) is 8.42 Å². The van der Waals surface area contributed by atoms with E-state index in [0.29, 0.717) is 0 Å². The summed E-state index contributed by atoms with van der Waals surface area (Å²) in [6.07, 6.45) is -1.48. The van der Waals surface area contributed by atoms with Crippen molar-refractivity contribution in [2.75, 3.05) is 13.2 Å². The van der Waals surface area contributed by atoms with Gasteiger partial charge in [0.05, 0.1) is 19.1 Å². The van der Waals surface area contributed by atoms with E-state index in [-0.39, 0.29) is 36.0 Å². The van der Waals surface area contributed by atoms with Gasteiger partial charge in [0, 0.05) is 0 Å². The Morgan fingerprint density at radius 1 is 1.24 bits per heavy atom. The molecule has 0 bridgehead atoms. The van der Waals surface area contributed by atoms with Crippen molar-refractivity contribution in [3.05, 3.63) is 0 Å². The molecule has 0 aromatic heterocycles. The van der Waals surface area contributed by atoms with E-state index >= 15 is 0 Å². The topological polar surface area (TPSA) is 144 Å². The third-order valence-electron chi connectivity index (χ3n) is 3.09. The predicted octanol–water partition coefficient (Wildman–Crippen LogP) is -3.43. The number of hydrogen-bond donors (Lipinski definition) is 3. The van der Waals surface area contributed by atoms with E-state index in [1.54, 1.807) is 20.8 Å². The first-order chi connectivity index (χ1) is 8.92. The normalized spacial score (nSPS) is 16.7. The maximum absolute atomic E-state index is 10.9. The van der Waals surface area contributed by atoms with Gasteiger partial charge in [-0.2, -0.15) is 0 Å². The fourth-order valence-electron chi connectivity index (χ4n) is 2.00. The first-order valence-corrected chi connectivity index (χ1v) is 7.34. The Balaban J connectivity index is 0. The van der Waals surface area contributed by atoms with Gasteiger partial charge < -0.3 is 19.9 Å². The Morgan fingerprint density at radius 3 is 1.95 bits per heavy atom. The third kappa shape index (κ3) is 9.09. The molecule has 3 N–H and O–H groups in total. The Bertz CT molecular complexity index is 416. The summed E-state index contributed by atoms with van der Waals surface area (Å²) in [5, 5.41) is 27.2. The SMILES string of the molecule is CC(C)(C)C(CC(CO)C(=O)O)C(CO)OS(=O)(=O)[O-].[Na+]. The van der Waals surface area contributed by atoms with Crippen molar-refractivity contribution >= 4 is 16.4 Å². The summed E-state index contributed by atoms with van der Waals surface area (Å²) in [6.45, 7) is 3.69. The van der Waals surface area contributed by atoms with E-state index in [1.807, 2.05) is 0 Å². The second-order valence-electron chi connectivity index (χ2n) is 5.65. The molecule has 120 valence electrons. The van der Waals surface area contributed by atoms with Crippen molar-refractivity contribution in [1.29, 1.82) is 0 Å². The standard InChI is InChI=1S/C11H22O8S.Na/c1-11(2,3)8(4-7(5-12)10(14)15)9(6-13)19-20(16,17)18;/h7-9,12-13H,4-6H2,1-3H3,(H,14,15)(H,16,17,18);/q;+1/p-1. The number of carboxylic acids is 1. The number of aliphatic hydroxyl groups is 2. The van der Waals surface area contributed by atoms with Crippen molar-refractivity contribution in [2.24, 2.45) is 17.3 Å². The molecule has 0 aromatic rings. The summed E-state index contributed by atoms with van der Waals surface area (Å²) >= 11 is 0. The first kappa shape index (κ1) is 23.5. The van der Waals surface area contributed by atoms with Gasteiger partial charge in [-0.15, -0.1) is 0 Å². The van der Waals surface area contributed by atoms with E-state index in [9.17, 15) is 22.9 Å². The van der Waals surface area contributed by atoms with Gasteiger partial charge in [0.15, 0.2) is 0 Å². The Hall–Kier alpha value is 0.260. The molecule has 0 aromatic carbocycles. The summed E-state index contributed by atoms with van der Waals surface area (Å²) in [5.41, 5.74) is -0.638. The van der Waals surface area contributed by atoms with E-state index in [1.165, 1.54) is 0 Å². The minimum Gasteiger partial charge on any atom is -0.726 e. The molecular formula is C11H21NaO8S. The second-order valence-corrected chi connectivity index (χ2v) is 6.66. The molecule has 0 radical (unpaired) electrons. The predicted molar refractivity (Wildman–Crippen MR) is 67.4 cm³/mol. The average Bonchev–Trinajstić information content (AvgIpc) is 2.24. The average molecular weight is 336 g/mol. The van der Waals surface area contributed by atoms with E-state index in [4.69, 9.17) is 10.2 Å². The van der Waals surface area contributed by atoms with Crippen molar-refractivity contribution in [1.82, 2.24) is 0 Å². The zero-order chi connectivity index (χ0) is 16.1. The summed E-state index contributed by atoms with van der Waals surface area (Å²) in [7, 11) is -5.02. The molecule has 0 saturated carbocycles. The largest absolute Gasteiger partial charge is 1.00 e. The monoisotopic (exact) mass is 336 g/mol. The zero-order valence-electron chi connectivity index (χ0n) is 12.6. The maximum Gasteiger partial charge on any atom is 1.00 e. The summed E-state index contributed by atoms with van der Waals surface area (Å²) < 4.78 is 36.3. The van der Waals surface area contributed by atoms with E-state index in [0.717, 1.165) is 0 Å². The minimum absolute atomic E-state index is 0. The Morgan fingerprint density at radius 2 is 1.71 bits per heavy atom. The van der Waals surface area contributed by atoms with Crippen LogP contribution in [-0.2, 0) is 19.4 Å². The summed E-state index contributed by atoms with van der Waals surface area (Å²) in [6, 6.07) is 0. The fraction of sp³-hybridized carbons (Fsp3) is 0.909. The van der Waals surface area contributed by atoms with Crippen LogP contribution in [0.2, 0.25) is 0 Å². The summed E-state index contributed by atoms with van der Waals surface area (Å²) in [4.78, 5) is 10.9. The molecule has 0 fully saturated rings. The molecular weight excluding hydrogens is 315 g/mol. The van der Waals surface area contributed by atoms with Gasteiger partial charge >= 0.3 is 35.5 Å². The van der Waals surface area contributed by atoms with Crippen molar-refractivity contribution in [2.45, 2.75) is 33.3 Å². The van der Waals surface area contributed by atoms with Crippen LogP contribution in [0.4, 0.5) is 0 Å². The minimum atomic E-state index is -5.02. The van der Waals surface area contributed by atoms with Crippen LogP contribution in [0.1, 0.15) is 27.2 Å². The molecule has 3 atom stereocenters. The quantitative estimate of drug-likeness (QED) is 0.236. The second kappa shape index (κ2) is 9.41. The van der Waals surface area contributed by atoms with Crippen LogP contribution in [0.25, 0.3) is 0 Å². The van der Waals surface area contributed by atoms with Gasteiger partial charge in [0.25, 0.3) is 0 Å². The molecule has 0 aliphatic carbocycles. The number of hydrogen-bond acceptors (Lipinski definition) is 7. The number of carboxylic acid groups (broad SMARTS) is 1. The van der Waals surface area contributed by atoms with Gasteiger partial charge in [-0.3, -0.25) is 8.98 Å². The Labute approximate surface area is 146 Å². The fourth-order valence-corrected chi connectivity index (χ4v) is 2.50. The van der Waals surface area contributed by atoms with Crippen LogP contribution in [0.5, 0.6) is 0 Å². The molecule has 0 heterocycles. The molecule has 0 rings (SSSR count). The molecule has 21 heavy (non-hydrogen) atoms. The summed E-state index contributed by atoms with van der Waals surface area (Å²) in [5.74, 6) is -3.13. The van der Waals surface area contributed by atoms with Crippen LogP contribution in [0, 0.1) is 17.3 Å². The maximum atomic E-state index is 10.9. The first-order valence-electron chi connectivity index (χ1n) is 6.01. The van der Waals surface area contributed by atoms with Crippen LogP contribution < -0.4 is 29.6 Å². The molecule has 0 aliphatic heterocycles. The van der Waals surface area contributed by atoms with Gasteiger partial charge in [-0.1, -0.05) is 20.8 Å². The van der Waals surface area contributed by atoms with Crippen molar-refractivity contribution in [3.8, 4) is 0 Å². The number of aliphatic carboxylic acids is 1. The number of carbonyl (C=O) groups is 1. The van der Waals surface area contributed by atoms with Gasteiger partial charge in [0.1, 0.15) is 6.10 Å². The van der Waals surface area contributed by atoms with E-state index in [2.05, 4.69) is 4.18 Å². The smallest absolute Gasteiger partial charge is 0.726 e. The van der Waals surface area contributed by atoms with E-state index < -0.39 is 52.9 Å². The molecule has 0 amide bonds. The van der Waals surface area contributed by atoms with Crippen molar-refractivity contribution < 1.29 is 66.8 Å². The third-order valence-corrected chi connectivity index (χ3v) is 3.57. The van der Waals surface area contributed by atoms with Crippen molar-refractivity contribution in [3.63, 3.8) is 0 Å². The molecule has 0 aliphatic rings. The molecule has 8 nitrogen and oxygen atoms in total. The Kier molecular flexibility index (Phi) is 10.5. The number of aliphatic hydroxyl groups excluding tert-OH is 2. The van der Waals surface area contributed by atoms with Gasteiger partial charge in [0.2, 0.25) is 10.4 Å². The van der Waals surface area contributed by atoms with Crippen LogP contribution >= 0.6 is 0 Å². The number of rotatable bonds is 8. The molecule has 3 unspecified atom stereocenters. The van der Waals surface area contributed by atoms with Crippen LogP contribution in [-0.4, -0.2) is 53.6 Å². The zero-order valence-corrected chi connectivity index (χ0v) is 15.5. The van der Waals surface area contributed by atoms with Gasteiger partial charge in [-0.05, 0) is 17.8 Å². The molecule has 10 heteroatoms. The van der Waals surface area contributed by atoms with Crippen LogP contribution in [0.15, 0.2) is 0 Å². The molecule has 0 spiro atoms. The molecule has 0 saturated heterocycles. The van der Waals surface area contributed by atoms with Crippen LogP contribution in [0.3, 0.4) is 0 Å².